The summed E-state index contributed by atoms with van der Waals surface area (Å²) >= 11 is 0. The number of hydrogen-bond donors (Lipinski definition) is 2. The number of amides is 2. The van der Waals surface area contributed by atoms with Crippen LogP contribution in [0.5, 0.6) is 5.75 Å². The first-order valence-electron chi connectivity index (χ1n) is 8.51. The van der Waals surface area contributed by atoms with Crippen molar-refractivity contribution in [2.75, 3.05) is 0 Å². The third-order valence-corrected chi connectivity index (χ3v) is 3.92. The lowest BCUT2D eigenvalue weighted by Gasteiger charge is -2.15. The highest BCUT2D eigenvalue weighted by atomic mass is 16.5. The molecule has 0 fully saturated rings. The summed E-state index contributed by atoms with van der Waals surface area (Å²) in [6.45, 7) is 1.26. The first-order chi connectivity index (χ1) is 13.4. The lowest BCUT2D eigenvalue weighted by Crippen LogP contribution is -2.46. The van der Waals surface area contributed by atoms with E-state index < -0.39 is 23.8 Å². The second-order valence-corrected chi connectivity index (χ2v) is 6.10. The number of hydrogen-bond acceptors (Lipinski definition) is 6. The van der Waals surface area contributed by atoms with E-state index in [9.17, 15) is 14.4 Å². The number of carbonyl (C=O) groups excluding carboxylic acids is 3. The molecule has 0 aliphatic carbocycles. The normalized spacial score (nSPS) is 11.6. The minimum Gasteiger partial charge on any atom is -0.427 e. The van der Waals surface area contributed by atoms with Gasteiger partial charge in [0.15, 0.2) is 0 Å². The molecule has 0 saturated heterocycles. The van der Waals surface area contributed by atoms with E-state index in [1.54, 1.807) is 18.3 Å². The predicted molar refractivity (Wildman–Crippen MR) is 101 cm³/mol. The summed E-state index contributed by atoms with van der Waals surface area (Å²) in [5.41, 5.74) is 7.62. The van der Waals surface area contributed by atoms with E-state index in [-0.39, 0.29) is 17.7 Å². The van der Waals surface area contributed by atoms with Crippen molar-refractivity contribution in [3.05, 3.63) is 66.0 Å². The smallest absolute Gasteiger partial charge is 0.308 e. The predicted octanol–water partition coefficient (Wildman–Crippen LogP) is 1.38. The molecule has 8 heteroatoms. The highest BCUT2D eigenvalue weighted by Crippen LogP contribution is 2.14. The van der Waals surface area contributed by atoms with E-state index >= 15 is 0 Å². The minimum atomic E-state index is -0.972. The van der Waals surface area contributed by atoms with Crippen molar-refractivity contribution < 1.29 is 19.1 Å². The average Bonchev–Trinajstić information content (AvgIpc) is 2.67. The van der Waals surface area contributed by atoms with Crippen LogP contribution in [0.3, 0.4) is 0 Å². The molecule has 0 saturated carbocycles. The van der Waals surface area contributed by atoms with Gasteiger partial charge in [0.05, 0.1) is 16.7 Å². The van der Waals surface area contributed by atoms with E-state index in [0.29, 0.717) is 11.2 Å². The van der Waals surface area contributed by atoms with Gasteiger partial charge in [-0.1, -0.05) is 18.2 Å². The summed E-state index contributed by atoms with van der Waals surface area (Å²) in [5.74, 6) is -1.48. The van der Waals surface area contributed by atoms with Crippen LogP contribution in [0.4, 0.5) is 0 Å². The number of primary amides is 1. The molecule has 3 aromatic rings. The van der Waals surface area contributed by atoms with Gasteiger partial charge in [0, 0.05) is 25.1 Å². The summed E-state index contributed by atoms with van der Waals surface area (Å²) in [7, 11) is 0. The molecule has 2 aromatic carbocycles. The summed E-state index contributed by atoms with van der Waals surface area (Å²) in [6, 6.07) is 12.4. The van der Waals surface area contributed by atoms with E-state index in [1.807, 2.05) is 24.3 Å². The Morgan fingerprint density at radius 1 is 1.11 bits per heavy atom. The van der Waals surface area contributed by atoms with Gasteiger partial charge in [0.25, 0.3) is 5.91 Å². The maximum absolute atomic E-state index is 12.5. The maximum atomic E-state index is 12.5. The van der Waals surface area contributed by atoms with Gasteiger partial charge >= 0.3 is 5.97 Å². The van der Waals surface area contributed by atoms with Gasteiger partial charge in [-0.2, -0.15) is 0 Å². The Balaban J connectivity index is 1.76. The molecular weight excluding hydrogens is 360 g/mol. The fourth-order valence-corrected chi connectivity index (χ4v) is 2.63. The fraction of sp³-hybridized carbons (Fsp3) is 0.150. The second-order valence-electron chi connectivity index (χ2n) is 6.10. The van der Waals surface area contributed by atoms with Gasteiger partial charge in [0.1, 0.15) is 11.8 Å². The second kappa shape index (κ2) is 8.26. The number of aromatic nitrogens is 2. The van der Waals surface area contributed by atoms with Crippen LogP contribution in [0.15, 0.2) is 54.7 Å². The quantitative estimate of drug-likeness (QED) is 0.493. The van der Waals surface area contributed by atoms with Gasteiger partial charge in [-0.15, -0.1) is 0 Å². The van der Waals surface area contributed by atoms with E-state index in [0.717, 1.165) is 5.52 Å². The Kier molecular flexibility index (Phi) is 5.59. The molecule has 1 heterocycles. The highest BCUT2D eigenvalue weighted by molar-refractivity contribution is 5.97. The molecule has 0 aliphatic rings. The maximum Gasteiger partial charge on any atom is 0.308 e. The summed E-state index contributed by atoms with van der Waals surface area (Å²) in [6.07, 6.45) is 1.65. The SMILES string of the molecule is CC(=O)Oc1cccc(C(=O)N[C@@H](Cc2cnc3ccccc3n2)C(N)=O)c1. The monoisotopic (exact) mass is 378 g/mol. The molecule has 2 amide bonds. The van der Waals surface area contributed by atoms with Crippen molar-refractivity contribution in [3.8, 4) is 5.75 Å². The molecule has 1 aromatic heterocycles. The van der Waals surface area contributed by atoms with Crippen LogP contribution in [0, 0.1) is 0 Å². The van der Waals surface area contributed by atoms with Crippen molar-refractivity contribution >= 4 is 28.8 Å². The molecule has 0 radical (unpaired) electrons. The number of benzene rings is 2. The Morgan fingerprint density at radius 3 is 2.57 bits per heavy atom. The molecule has 3 N–H and O–H groups in total. The molecule has 0 unspecified atom stereocenters. The molecule has 0 spiro atoms. The number of fused-ring (bicyclic) bond motifs is 1. The number of esters is 1. The number of carbonyl (C=O) groups is 3. The van der Waals surface area contributed by atoms with Crippen LogP contribution < -0.4 is 15.8 Å². The fourth-order valence-electron chi connectivity index (χ4n) is 2.63. The Bertz CT molecular complexity index is 1050. The number of para-hydroxylation sites is 2. The summed E-state index contributed by atoms with van der Waals surface area (Å²) in [4.78, 5) is 44.1. The number of rotatable bonds is 6. The van der Waals surface area contributed by atoms with Gasteiger partial charge in [-0.05, 0) is 30.3 Å². The Labute approximate surface area is 160 Å². The van der Waals surface area contributed by atoms with Crippen LogP contribution in [0.1, 0.15) is 23.0 Å². The number of nitrogens with one attached hydrogen (secondary N) is 1. The number of nitrogens with zero attached hydrogens (tertiary/aromatic N) is 2. The van der Waals surface area contributed by atoms with Crippen LogP contribution in [-0.2, 0) is 16.0 Å². The van der Waals surface area contributed by atoms with Gasteiger partial charge in [0.2, 0.25) is 5.91 Å². The molecule has 0 aliphatic heterocycles. The lowest BCUT2D eigenvalue weighted by atomic mass is 10.1. The van der Waals surface area contributed by atoms with Crippen molar-refractivity contribution in [1.29, 1.82) is 0 Å². The lowest BCUT2D eigenvalue weighted by molar-refractivity contribution is -0.131. The molecule has 28 heavy (non-hydrogen) atoms. The summed E-state index contributed by atoms with van der Waals surface area (Å²) < 4.78 is 4.97. The zero-order valence-electron chi connectivity index (χ0n) is 15.1. The standard InChI is InChI=1S/C20H18N4O4/c1-12(25)28-15-6-4-5-13(9-15)20(27)24-18(19(21)26)10-14-11-22-16-7-2-3-8-17(16)23-14/h2-9,11,18H,10H2,1H3,(H2,21,26)(H,24,27)/t18-/m0/s1. The zero-order valence-corrected chi connectivity index (χ0v) is 15.1. The highest BCUT2D eigenvalue weighted by Gasteiger charge is 2.21. The molecule has 0 bridgehead atoms. The summed E-state index contributed by atoms with van der Waals surface area (Å²) in [5, 5.41) is 2.59. The van der Waals surface area contributed by atoms with Crippen LogP contribution >= 0.6 is 0 Å². The largest absolute Gasteiger partial charge is 0.427 e. The Morgan fingerprint density at radius 2 is 1.86 bits per heavy atom. The molecule has 8 nitrogen and oxygen atoms in total. The van der Waals surface area contributed by atoms with Crippen molar-refractivity contribution in [2.45, 2.75) is 19.4 Å². The first-order valence-corrected chi connectivity index (χ1v) is 8.51. The molecular formula is C20H18N4O4. The molecule has 3 rings (SSSR count). The minimum absolute atomic E-state index is 0.0997. The van der Waals surface area contributed by atoms with E-state index in [4.69, 9.17) is 10.5 Å². The molecule has 142 valence electrons. The zero-order chi connectivity index (χ0) is 20.1. The number of ether oxygens (including phenoxy) is 1. The number of nitrogens with two attached hydrogens (primary N) is 1. The van der Waals surface area contributed by atoms with Crippen LogP contribution in [-0.4, -0.2) is 33.8 Å². The van der Waals surface area contributed by atoms with Crippen LogP contribution in [0.2, 0.25) is 0 Å². The average molecular weight is 378 g/mol. The third kappa shape index (κ3) is 4.67. The Hall–Kier alpha value is -3.81. The van der Waals surface area contributed by atoms with Crippen LogP contribution in [0.25, 0.3) is 11.0 Å². The van der Waals surface area contributed by atoms with E-state index in [2.05, 4.69) is 15.3 Å². The van der Waals surface area contributed by atoms with Gasteiger partial charge in [-0.25, -0.2) is 4.98 Å². The first kappa shape index (κ1) is 19.0. The van der Waals surface area contributed by atoms with Gasteiger partial charge in [-0.3, -0.25) is 19.4 Å². The molecule has 1 atom stereocenters. The van der Waals surface area contributed by atoms with Crippen molar-refractivity contribution in [2.24, 2.45) is 5.73 Å². The van der Waals surface area contributed by atoms with Crippen molar-refractivity contribution in [1.82, 2.24) is 15.3 Å². The third-order valence-electron chi connectivity index (χ3n) is 3.92. The van der Waals surface area contributed by atoms with E-state index in [1.165, 1.54) is 19.1 Å². The van der Waals surface area contributed by atoms with Crippen molar-refractivity contribution in [3.63, 3.8) is 0 Å². The van der Waals surface area contributed by atoms with Gasteiger partial charge < -0.3 is 15.8 Å². The topological polar surface area (TPSA) is 124 Å².